The van der Waals surface area contributed by atoms with E-state index in [4.69, 9.17) is 10.3 Å². The Bertz CT molecular complexity index is 438. The van der Waals surface area contributed by atoms with E-state index in [1.165, 1.54) is 12.1 Å². The van der Waals surface area contributed by atoms with E-state index >= 15 is 0 Å². The van der Waals surface area contributed by atoms with Gasteiger partial charge in [0.25, 0.3) is 10.1 Å². The Hall–Kier alpha value is -0.980. The van der Waals surface area contributed by atoms with Crippen molar-refractivity contribution in [3.05, 3.63) is 29.8 Å². The fourth-order valence-corrected chi connectivity index (χ4v) is 1.37. The van der Waals surface area contributed by atoms with Gasteiger partial charge in [0.1, 0.15) is 6.17 Å². The second kappa shape index (κ2) is 4.90. The smallest absolute Gasteiger partial charge is 0.294 e. The maximum absolute atomic E-state index is 11.4. The molecule has 0 radical (unpaired) electrons. The van der Waals surface area contributed by atoms with Gasteiger partial charge in [-0.2, -0.15) is 8.42 Å². The SMILES string of the molecule is Cc1ccc(S(=O)(=O)O)cc1.N[C@H]1C[C@H]1F. The van der Waals surface area contributed by atoms with Crippen LogP contribution < -0.4 is 5.73 Å². The molecule has 1 aliphatic rings. The molecule has 1 fully saturated rings. The number of nitrogens with two attached hydrogens (primary N) is 1. The van der Waals surface area contributed by atoms with Gasteiger partial charge in [-0.25, -0.2) is 4.39 Å². The van der Waals surface area contributed by atoms with Crippen molar-refractivity contribution in [3.8, 4) is 0 Å². The maximum atomic E-state index is 11.4. The first kappa shape index (κ1) is 13.1. The molecule has 16 heavy (non-hydrogen) atoms. The topological polar surface area (TPSA) is 80.4 Å². The van der Waals surface area contributed by atoms with Crippen LogP contribution in [0.15, 0.2) is 29.2 Å². The first-order chi connectivity index (χ1) is 7.30. The normalized spacial score (nSPS) is 23.2. The molecule has 1 aromatic rings. The van der Waals surface area contributed by atoms with E-state index in [-0.39, 0.29) is 10.9 Å². The summed E-state index contributed by atoms with van der Waals surface area (Å²) in [6, 6.07) is 5.87. The molecule has 6 heteroatoms. The molecule has 2 atom stereocenters. The molecule has 0 spiro atoms. The molecule has 1 aliphatic carbocycles. The molecule has 0 unspecified atom stereocenters. The molecular weight excluding hydrogens is 233 g/mol. The van der Waals surface area contributed by atoms with Gasteiger partial charge >= 0.3 is 0 Å². The van der Waals surface area contributed by atoms with Gasteiger partial charge < -0.3 is 5.73 Å². The lowest BCUT2D eigenvalue weighted by molar-refractivity contribution is 0.467. The number of aryl methyl sites for hydroxylation is 1. The quantitative estimate of drug-likeness (QED) is 0.733. The summed E-state index contributed by atoms with van der Waals surface area (Å²) in [5, 5.41) is 0. The van der Waals surface area contributed by atoms with E-state index in [9.17, 15) is 12.8 Å². The summed E-state index contributed by atoms with van der Waals surface area (Å²) in [7, 11) is -4.02. The van der Waals surface area contributed by atoms with Gasteiger partial charge in [-0.3, -0.25) is 4.55 Å². The van der Waals surface area contributed by atoms with Crippen LogP contribution in [0.1, 0.15) is 12.0 Å². The lowest BCUT2D eigenvalue weighted by atomic mass is 10.2. The van der Waals surface area contributed by atoms with Gasteiger partial charge in [0.2, 0.25) is 0 Å². The van der Waals surface area contributed by atoms with Crippen LogP contribution in [0, 0.1) is 6.92 Å². The Morgan fingerprint density at radius 3 is 2.00 bits per heavy atom. The Labute approximate surface area is 94.0 Å². The van der Waals surface area contributed by atoms with E-state index < -0.39 is 16.3 Å². The molecule has 3 N–H and O–H groups in total. The molecule has 0 aromatic heterocycles. The number of rotatable bonds is 1. The Morgan fingerprint density at radius 1 is 1.38 bits per heavy atom. The lowest BCUT2D eigenvalue weighted by Crippen LogP contribution is -2.00. The van der Waals surface area contributed by atoms with E-state index in [1.54, 1.807) is 12.1 Å². The summed E-state index contributed by atoms with van der Waals surface area (Å²) in [5.74, 6) is 0. The summed E-state index contributed by atoms with van der Waals surface area (Å²) in [6.07, 6.45) is -0.0880. The highest BCUT2D eigenvalue weighted by molar-refractivity contribution is 7.85. The summed E-state index contributed by atoms with van der Waals surface area (Å²) in [4.78, 5) is -0.0666. The average Bonchev–Trinajstić information content (AvgIpc) is 2.79. The van der Waals surface area contributed by atoms with Crippen molar-refractivity contribution in [2.24, 2.45) is 5.73 Å². The maximum Gasteiger partial charge on any atom is 0.294 e. The van der Waals surface area contributed by atoms with Crippen LogP contribution >= 0.6 is 0 Å². The van der Waals surface area contributed by atoms with Crippen LogP contribution in [0.4, 0.5) is 4.39 Å². The summed E-state index contributed by atoms with van der Waals surface area (Å²) in [6.45, 7) is 1.84. The van der Waals surface area contributed by atoms with Crippen molar-refractivity contribution >= 4 is 10.1 Å². The fraction of sp³-hybridized carbons (Fsp3) is 0.400. The number of hydrogen-bond donors (Lipinski definition) is 2. The standard InChI is InChI=1S/C7H8O3S.C3H6FN/c1-6-2-4-7(5-3-6)11(8,9)10;4-2-1-3(2)5/h2-5H,1H3,(H,8,9,10);2-3H,1,5H2/t;2-,3+/m.1/s1. The highest BCUT2D eigenvalue weighted by Crippen LogP contribution is 2.21. The number of halogens is 1. The van der Waals surface area contributed by atoms with E-state index in [0.29, 0.717) is 6.42 Å². The monoisotopic (exact) mass is 247 g/mol. The molecule has 1 aromatic carbocycles. The highest BCUT2D eigenvalue weighted by Gasteiger charge is 2.32. The van der Waals surface area contributed by atoms with Gasteiger partial charge in [-0.05, 0) is 25.5 Å². The highest BCUT2D eigenvalue weighted by atomic mass is 32.2. The third-order valence-electron chi connectivity index (χ3n) is 2.08. The van der Waals surface area contributed by atoms with Crippen molar-refractivity contribution in [1.82, 2.24) is 0 Å². The van der Waals surface area contributed by atoms with Crippen LogP contribution in [-0.2, 0) is 10.1 Å². The molecule has 0 heterocycles. The number of benzene rings is 1. The summed E-state index contributed by atoms with van der Waals surface area (Å²) >= 11 is 0. The van der Waals surface area contributed by atoms with Gasteiger partial charge in [-0.15, -0.1) is 0 Å². The van der Waals surface area contributed by atoms with Gasteiger partial charge in [0, 0.05) is 6.04 Å². The van der Waals surface area contributed by atoms with Gasteiger partial charge in [0.15, 0.2) is 0 Å². The molecule has 2 rings (SSSR count). The minimum atomic E-state index is -4.02. The third kappa shape index (κ3) is 4.26. The predicted octanol–water partition coefficient (Wildman–Crippen LogP) is 1.30. The molecular formula is C10H14FNO3S. The zero-order valence-corrected chi connectivity index (χ0v) is 9.61. The van der Waals surface area contributed by atoms with Gasteiger partial charge in [-0.1, -0.05) is 17.7 Å². The first-order valence-electron chi connectivity index (χ1n) is 4.74. The Morgan fingerprint density at radius 2 is 1.75 bits per heavy atom. The van der Waals surface area contributed by atoms with Crippen LogP contribution in [0.3, 0.4) is 0 Å². The lowest BCUT2D eigenvalue weighted by Gasteiger charge is -1.95. The molecule has 0 amide bonds. The van der Waals surface area contributed by atoms with Crippen LogP contribution in [-0.4, -0.2) is 25.2 Å². The molecule has 0 saturated heterocycles. The molecule has 0 bridgehead atoms. The molecule has 0 aliphatic heterocycles. The minimum Gasteiger partial charge on any atom is -0.325 e. The van der Waals surface area contributed by atoms with E-state index in [0.717, 1.165) is 5.56 Å². The third-order valence-corrected chi connectivity index (χ3v) is 2.95. The number of alkyl halides is 1. The van der Waals surface area contributed by atoms with Crippen LogP contribution in [0.25, 0.3) is 0 Å². The summed E-state index contributed by atoms with van der Waals surface area (Å²) < 4.78 is 40.9. The predicted molar refractivity (Wildman–Crippen MR) is 58.5 cm³/mol. The molecule has 1 saturated carbocycles. The van der Waals surface area contributed by atoms with Crippen molar-refractivity contribution in [1.29, 1.82) is 0 Å². The second-order valence-corrected chi connectivity index (χ2v) is 5.13. The molecule has 4 nitrogen and oxygen atoms in total. The second-order valence-electron chi connectivity index (χ2n) is 3.70. The summed E-state index contributed by atoms with van der Waals surface area (Å²) in [5.41, 5.74) is 5.95. The van der Waals surface area contributed by atoms with E-state index in [2.05, 4.69) is 0 Å². The van der Waals surface area contributed by atoms with Crippen LogP contribution in [0.5, 0.6) is 0 Å². The van der Waals surface area contributed by atoms with Crippen LogP contribution in [0.2, 0.25) is 0 Å². The first-order valence-corrected chi connectivity index (χ1v) is 6.18. The number of hydrogen-bond acceptors (Lipinski definition) is 3. The Balaban J connectivity index is 0.000000212. The minimum absolute atomic E-state index is 0.0666. The van der Waals surface area contributed by atoms with Crippen molar-refractivity contribution in [3.63, 3.8) is 0 Å². The van der Waals surface area contributed by atoms with E-state index in [1.807, 2.05) is 6.92 Å². The largest absolute Gasteiger partial charge is 0.325 e. The zero-order chi connectivity index (χ0) is 12.3. The van der Waals surface area contributed by atoms with Crippen molar-refractivity contribution in [2.45, 2.75) is 30.5 Å². The van der Waals surface area contributed by atoms with Crippen molar-refractivity contribution in [2.75, 3.05) is 0 Å². The average molecular weight is 247 g/mol. The van der Waals surface area contributed by atoms with Gasteiger partial charge in [0.05, 0.1) is 4.90 Å². The zero-order valence-electron chi connectivity index (χ0n) is 8.80. The van der Waals surface area contributed by atoms with Crippen molar-refractivity contribution < 1.29 is 17.4 Å². The molecule has 90 valence electrons. The fourth-order valence-electron chi connectivity index (χ4n) is 0.892. The Kier molecular flexibility index (Phi) is 4.01.